The van der Waals surface area contributed by atoms with Crippen molar-refractivity contribution in [3.8, 4) is 0 Å². The molecule has 1 aliphatic heterocycles. The van der Waals surface area contributed by atoms with E-state index in [4.69, 9.17) is 17.0 Å². The third-order valence-corrected chi connectivity index (χ3v) is 4.82. The van der Waals surface area contributed by atoms with Crippen LogP contribution in [0.15, 0.2) is 30.3 Å². The molecule has 1 saturated heterocycles. The molecule has 1 unspecified atom stereocenters. The maximum absolute atomic E-state index is 12.1. The molecule has 1 heterocycles. The lowest BCUT2D eigenvalue weighted by molar-refractivity contribution is -0.145. The van der Waals surface area contributed by atoms with Crippen LogP contribution in [0, 0.1) is 0 Å². The highest BCUT2D eigenvalue weighted by atomic mass is 32.1. The summed E-state index contributed by atoms with van der Waals surface area (Å²) in [6, 6.07) is 8.75. The first-order chi connectivity index (χ1) is 14.4. The largest absolute Gasteiger partial charge is 0.469 e. The minimum Gasteiger partial charge on any atom is -0.469 e. The molecule has 1 fully saturated rings. The van der Waals surface area contributed by atoms with Crippen LogP contribution in [-0.4, -0.2) is 66.6 Å². The Morgan fingerprint density at radius 3 is 2.63 bits per heavy atom. The maximum atomic E-state index is 12.1. The molecular weight excluding hydrogens is 410 g/mol. The third kappa shape index (κ3) is 7.43. The molecular formula is C20H25N3O6S. The summed E-state index contributed by atoms with van der Waals surface area (Å²) in [5.74, 6) is -1.88. The summed E-state index contributed by atoms with van der Waals surface area (Å²) in [7, 11) is 1.23. The molecule has 1 aromatic carbocycles. The SMILES string of the molecule is COC(=O)CC1C(=O)NCCN1C(=S)NC(=O)CCC(=O)OCCc1ccccc1. The Morgan fingerprint density at radius 2 is 1.93 bits per heavy atom. The summed E-state index contributed by atoms with van der Waals surface area (Å²) in [5, 5.41) is 5.19. The summed E-state index contributed by atoms with van der Waals surface area (Å²) in [6.07, 6.45) is 0.217. The lowest BCUT2D eigenvalue weighted by atomic mass is 10.1. The standard InChI is InChI=1S/C20H25N3O6S/c1-28-18(26)13-15-19(27)21-10-11-23(15)20(30)22-16(24)7-8-17(25)29-12-9-14-5-3-2-4-6-14/h2-6,15H,7-13H2,1H3,(H,21,27)(H,22,24,30). The minimum atomic E-state index is -0.859. The molecule has 30 heavy (non-hydrogen) atoms. The zero-order valence-electron chi connectivity index (χ0n) is 16.7. The second kappa shape index (κ2) is 11.9. The van der Waals surface area contributed by atoms with Crippen LogP contribution in [0.1, 0.15) is 24.8 Å². The molecule has 2 amide bonds. The van der Waals surface area contributed by atoms with E-state index in [1.165, 1.54) is 12.0 Å². The van der Waals surface area contributed by atoms with Crippen LogP contribution in [0.4, 0.5) is 0 Å². The molecule has 0 bridgehead atoms. The number of esters is 2. The van der Waals surface area contributed by atoms with Crippen molar-refractivity contribution >= 4 is 41.1 Å². The lowest BCUT2D eigenvalue weighted by Crippen LogP contribution is -2.60. The van der Waals surface area contributed by atoms with Gasteiger partial charge < -0.3 is 25.0 Å². The van der Waals surface area contributed by atoms with Gasteiger partial charge in [0.15, 0.2) is 5.11 Å². The number of nitrogens with zero attached hydrogens (tertiary/aromatic N) is 1. The van der Waals surface area contributed by atoms with Gasteiger partial charge in [0.1, 0.15) is 6.04 Å². The molecule has 0 spiro atoms. The van der Waals surface area contributed by atoms with Gasteiger partial charge >= 0.3 is 11.9 Å². The monoisotopic (exact) mass is 435 g/mol. The summed E-state index contributed by atoms with van der Waals surface area (Å²) < 4.78 is 9.75. The fraction of sp³-hybridized carbons (Fsp3) is 0.450. The van der Waals surface area contributed by atoms with Gasteiger partial charge in [-0.15, -0.1) is 0 Å². The fourth-order valence-corrected chi connectivity index (χ4v) is 3.20. The first-order valence-electron chi connectivity index (χ1n) is 9.55. The number of carbonyl (C=O) groups is 4. The number of carbonyl (C=O) groups excluding carboxylic acids is 4. The molecule has 10 heteroatoms. The number of hydrogen-bond acceptors (Lipinski definition) is 7. The normalized spacial score (nSPS) is 15.7. The van der Waals surface area contributed by atoms with Crippen LogP contribution in [0.2, 0.25) is 0 Å². The van der Waals surface area contributed by atoms with Gasteiger partial charge in [-0.2, -0.15) is 0 Å². The third-order valence-electron chi connectivity index (χ3n) is 4.48. The zero-order valence-corrected chi connectivity index (χ0v) is 17.5. The van der Waals surface area contributed by atoms with Crippen LogP contribution in [-0.2, 0) is 35.1 Å². The molecule has 9 nitrogen and oxygen atoms in total. The van der Waals surface area contributed by atoms with Gasteiger partial charge in [0.05, 0.1) is 26.6 Å². The van der Waals surface area contributed by atoms with Crippen molar-refractivity contribution in [2.45, 2.75) is 31.7 Å². The molecule has 1 aliphatic rings. The van der Waals surface area contributed by atoms with Crippen molar-refractivity contribution in [1.29, 1.82) is 0 Å². The Labute approximate surface area is 180 Å². The number of methoxy groups -OCH3 is 1. The van der Waals surface area contributed by atoms with Gasteiger partial charge in [0, 0.05) is 25.9 Å². The van der Waals surface area contributed by atoms with Gasteiger partial charge in [-0.1, -0.05) is 30.3 Å². The van der Waals surface area contributed by atoms with Gasteiger partial charge in [-0.3, -0.25) is 19.2 Å². The highest BCUT2D eigenvalue weighted by Crippen LogP contribution is 2.10. The van der Waals surface area contributed by atoms with E-state index in [0.29, 0.717) is 19.5 Å². The number of thiocarbonyl (C=S) groups is 1. The fourth-order valence-electron chi connectivity index (χ4n) is 2.87. The van der Waals surface area contributed by atoms with Crippen LogP contribution in [0.3, 0.4) is 0 Å². The van der Waals surface area contributed by atoms with E-state index in [2.05, 4.69) is 15.4 Å². The summed E-state index contributed by atoms with van der Waals surface area (Å²) >= 11 is 5.22. The molecule has 0 aliphatic carbocycles. The summed E-state index contributed by atoms with van der Waals surface area (Å²) in [4.78, 5) is 49.1. The molecule has 162 valence electrons. The quantitative estimate of drug-likeness (QED) is 0.443. The van der Waals surface area contributed by atoms with E-state index in [-0.39, 0.29) is 36.9 Å². The molecule has 0 saturated carbocycles. The van der Waals surface area contributed by atoms with Gasteiger partial charge in [0.2, 0.25) is 11.8 Å². The topological polar surface area (TPSA) is 114 Å². The van der Waals surface area contributed by atoms with Crippen LogP contribution in [0.25, 0.3) is 0 Å². The Morgan fingerprint density at radius 1 is 1.20 bits per heavy atom. The highest BCUT2D eigenvalue weighted by Gasteiger charge is 2.34. The zero-order chi connectivity index (χ0) is 21.9. The molecule has 0 radical (unpaired) electrons. The van der Waals surface area contributed by atoms with Crippen molar-refractivity contribution in [2.24, 2.45) is 0 Å². The first-order valence-corrected chi connectivity index (χ1v) is 9.96. The van der Waals surface area contributed by atoms with E-state index in [9.17, 15) is 19.2 Å². The Balaban J connectivity index is 1.74. The summed E-state index contributed by atoms with van der Waals surface area (Å²) in [6.45, 7) is 0.912. The Bertz CT molecular complexity index is 786. The van der Waals surface area contributed by atoms with Gasteiger partial charge in [-0.25, -0.2) is 0 Å². The second-order valence-electron chi connectivity index (χ2n) is 6.59. The van der Waals surface area contributed by atoms with Crippen molar-refractivity contribution in [3.63, 3.8) is 0 Å². The molecule has 2 rings (SSSR count). The van der Waals surface area contributed by atoms with Crippen molar-refractivity contribution < 1.29 is 28.7 Å². The predicted molar refractivity (Wildman–Crippen MR) is 111 cm³/mol. The van der Waals surface area contributed by atoms with Gasteiger partial charge in [0.25, 0.3) is 0 Å². The molecule has 1 aromatic rings. The van der Waals surface area contributed by atoms with E-state index >= 15 is 0 Å². The number of nitrogens with one attached hydrogen (secondary N) is 2. The molecule has 0 aromatic heterocycles. The Kier molecular flexibility index (Phi) is 9.20. The number of piperazine rings is 1. The number of rotatable bonds is 8. The number of amides is 2. The van der Waals surface area contributed by atoms with E-state index in [1.807, 2.05) is 30.3 Å². The number of benzene rings is 1. The maximum Gasteiger partial charge on any atom is 0.308 e. The van der Waals surface area contributed by atoms with E-state index < -0.39 is 23.9 Å². The van der Waals surface area contributed by atoms with Crippen LogP contribution < -0.4 is 10.6 Å². The number of ether oxygens (including phenoxy) is 2. The lowest BCUT2D eigenvalue weighted by Gasteiger charge is -2.36. The van der Waals surface area contributed by atoms with Crippen molar-refractivity contribution in [1.82, 2.24) is 15.5 Å². The predicted octanol–water partition coefficient (Wildman–Crippen LogP) is 0.317. The van der Waals surface area contributed by atoms with E-state index in [0.717, 1.165) is 5.56 Å². The highest BCUT2D eigenvalue weighted by molar-refractivity contribution is 7.80. The molecule has 2 N–H and O–H groups in total. The Hall–Kier alpha value is -3.01. The molecule has 1 atom stereocenters. The van der Waals surface area contributed by atoms with Crippen molar-refractivity contribution in [2.75, 3.05) is 26.8 Å². The minimum absolute atomic E-state index is 0.0289. The van der Waals surface area contributed by atoms with Crippen LogP contribution >= 0.6 is 12.2 Å². The van der Waals surface area contributed by atoms with Crippen LogP contribution in [0.5, 0.6) is 0 Å². The van der Waals surface area contributed by atoms with Gasteiger partial charge in [-0.05, 0) is 17.8 Å². The van der Waals surface area contributed by atoms with E-state index in [1.54, 1.807) is 0 Å². The average Bonchev–Trinajstić information content (AvgIpc) is 2.74. The smallest absolute Gasteiger partial charge is 0.308 e. The number of hydrogen-bond donors (Lipinski definition) is 2. The average molecular weight is 436 g/mol. The second-order valence-corrected chi connectivity index (χ2v) is 6.98. The van der Waals surface area contributed by atoms with Crippen molar-refractivity contribution in [3.05, 3.63) is 35.9 Å². The summed E-state index contributed by atoms with van der Waals surface area (Å²) in [5.41, 5.74) is 1.06. The first kappa shape index (κ1) is 23.3.